The third kappa shape index (κ3) is 2.68. The summed E-state index contributed by atoms with van der Waals surface area (Å²) in [7, 11) is -3.55. The summed E-state index contributed by atoms with van der Waals surface area (Å²) in [6.07, 6.45) is 0. The van der Waals surface area contributed by atoms with E-state index in [-0.39, 0.29) is 10.4 Å². The molecule has 0 amide bonds. The van der Waals surface area contributed by atoms with Gasteiger partial charge in [-0.3, -0.25) is 0 Å². The largest absolute Gasteiger partial charge is 0.345 e. The third-order valence-electron chi connectivity index (χ3n) is 4.22. The van der Waals surface area contributed by atoms with Crippen LogP contribution in [0, 0.1) is 6.92 Å². The van der Waals surface area contributed by atoms with Crippen LogP contribution in [0.15, 0.2) is 58.5 Å². The number of nitrogens with one attached hydrogen (secondary N) is 1. The molecule has 3 nitrogen and oxygen atoms in total. The molecule has 2 aromatic carbocycles. The highest BCUT2D eigenvalue weighted by Crippen LogP contribution is 2.30. The van der Waals surface area contributed by atoms with Crippen LogP contribution in [-0.4, -0.2) is 13.4 Å². The van der Waals surface area contributed by atoms with Crippen molar-refractivity contribution in [3.63, 3.8) is 0 Å². The van der Waals surface area contributed by atoms with Gasteiger partial charge < -0.3 is 4.98 Å². The average Bonchev–Trinajstić information content (AvgIpc) is 2.85. The normalized spacial score (nSPS) is 12.7. The highest BCUT2D eigenvalue weighted by molar-refractivity contribution is 7.91. The topological polar surface area (TPSA) is 49.9 Å². The van der Waals surface area contributed by atoms with Crippen LogP contribution in [0.5, 0.6) is 0 Å². The van der Waals surface area contributed by atoms with Gasteiger partial charge in [0.15, 0.2) is 0 Å². The second-order valence-corrected chi connectivity index (χ2v) is 8.79. The lowest BCUT2D eigenvalue weighted by molar-refractivity contribution is 0.585. The smallest absolute Gasteiger partial charge is 0.222 e. The number of aryl methyl sites for hydroxylation is 1. The molecule has 0 unspecified atom stereocenters. The molecule has 0 saturated carbocycles. The van der Waals surface area contributed by atoms with Crippen LogP contribution in [0.4, 0.5) is 0 Å². The van der Waals surface area contributed by atoms with Crippen LogP contribution >= 0.6 is 0 Å². The molecule has 0 aliphatic rings. The third-order valence-corrected chi connectivity index (χ3v) is 6.06. The van der Waals surface area contributed by atoms with E-state index in [0.717, 1.165) is 22.0 Å². The summed E-state index contributed by atoms with van der Waals surface area (Å²) in [6, 6.07) is 14.8. The number of benzene rings is 2. The highest BCUT2D eigenvalue weighted by Gasteiger charge is 2.24. The van der Waals surface area contributed by atoms with E-state index >= 15 is 0 Å². The Balaban J connectivity index is 2.12. The molecule has 120 valence electrons. The summed E-state index contributed by atoms with van der Waals surface area (Å²) >= 11 is 0. The van der Waals surface area contributed by atoms with Gasteiger partial charge in [-0.05, 0) is 41.7 Å². The first kappa shape index (κ1) is 15.8. The SMILES string of the molecule is Cc1c(S(=O)(=O)c2ccc(C(C)(C)C)cc2)[nH]c2ccccc12. The highest BCUT2D eigenvalue weighted by atomic mass is 32.2. The van der Waals surface area contributed by atoms with E-state index in [1.807, 2.05) is 43.3 Å². The zero-order valence-corrected chi connectivity index (χ0v) is 14.7. The molecule has 3 aromatic rings. The lowest BCUT2D eigenvalue weighted by atomic mass is 9.87. The predicted octanol–water partition coefficient (Wildman–Crippen LogP) is 4.61. The molecular formula is C19H21NO2S. The fourth-order valence-corrected chi connectivity index (χ4v) is 4.27. The minimum atomic E-state index is -3.55. The van der Waals surface area contributed by atoms with Crippen molar-refractivity contribution >= 4 is 20.7 Å². The van der Waals surface area contributed by atoms with Crippen molar-refractivity contribution < 1.29 is 8.42 Å². The van der Waals surface area contributed by atoms with Gasteiger partial charge in [0.05, 0.1) is 4.90 Å². The van der Waals surface area contributed by atoms with Crippen molar-refractivity contribution in [1.29, 1.82) is 0 Å². The minimum Gasteiger partial charge on any atom is -0.345 e. The van der Waals surface area contributed by atoms with Crippen LogP contribution < -0.4 is 0 Å². The van der Waals surface area contributed by atoms with E-state index in [2.05, 4.69) is 25.8 Å². The first-order chi connectivity index (χ1) is 10.7. The van der Waals surface area contributed by atoms with E-state index in [1.54, 1.807) is 12.1 Å². The van der Waals surface area contributed by atoms with Crippen molar-refractivity contribution in [2.45, 2.75) is 43.0 Å². The average molecular weight is 327 g/mol. The Morgan fingerprint density at radius 2 is 1.52 bits per heavy atom. The Kier molecular flexibility index (Phi) is 3.60. The van der Waals surface area contributed by atoms with Crippen LogP contribution in [-0.2, 0) is 15.3 Å². The van der Waals surface area contributed by atoms with E-state index in [1.165, 1.54) is 0 Å². The maximum absolute atomic E-state index is 13.0. The Morgan fingerprint density at radius 3 is 2.09 bits per heavy atom. The summed E-state index contributed by atoms with van der Waals surface area (Å²) in [6.45, 7) is 8.17. The van der Waals surface area contributed by atoms with Crippen LogP contribution in [0.25, 0.3) is 10.9 Å². The first-order valence-electron chi connectivity index (χ1n) is 7.64. The molecule has 1 aromatic heterocycles. The number of para-hydroxylation sites is 1. The van der Waals surface area contributed by atoms with Crippen molar-refractivity contribution in [3.8, 4) is 0 Å². The number of aromatic nitrogens is 1. The number of fused-ring (bicyclic) bond motifs is 1. The molecule has 3 rings (SSSR count). The second-order valence-electron chi connectivity index (χ2n) is 6.90. The minimum absolute atomic E-state index is 0.000674. The van der Waals surface area contributed by atoms with Gasteiger partial charge in [0, 0.05) is 10.9 Å². The monoisotopic (exact) mass is 327 g/mol. The molecular weight excluding hydrogens is 306 g/mol. The van der Waals surface area contributed by atoms with Crippen LogP contribution in [0.2, 0.25) is 0 Å². The Labute approximate surface area is 137 Å². The molecule has 0 atom stereocenters. The Morgan fingerprint density at radius 1 is 0.913 bits per heavy atom. The molecule has 0 radical (unpaired) electrons. The number of hydrogen-bond donors (Lipinski definition) is 1. The number of aromatic amines is 1. The maximum atomic E-state index is 13.0. The van der Waals surface area contributed by atoms with Gasteiger partial charge in [0.25, 0.3) is 0 Å². The van der Waals surface area contributed by atoms with Crippen molar-refractivity contribution in [2.75, 3.05) is 0 Å². The summed E-state index contributed by atoms with van der Waals surface area (Å²) in [5.41, 5.74) is 2.72. The molecule has 1 heterocycles. The molecule has 0 aliphatic heterocycles. The van der Waals surface area contributed by atoms with Gasteiger partial charge >= 0.3 is 0 Å². The zero-order chi connectivity index (χ0) is 16.8. The van der Waals surface area contributed by atoms with Gasteiger partial charge in [-0.1, -0.05) is 51.1 Å². The zero-order valence-electron chi connectivity index (χ0n) is 13.8. The number of hydrogen-bond acceptors (Lipinski definition) is 2. The van der Waals surface area contributed by atoms with Crippen molar-refractivity contribution in [2.24, 2.45) is 0 Å². The molecule has 0 fully saturated rings. The van der Waals surface area contributed by atoms with E-state index in [4.69, 9.17) is 0 Å². The number of H-pyrrole nitrogens is 1. The summed E-state index contributed by atoms with van der Waals surface area (Å²) in [5, 5.41) is 1.22. The standard InChI is InChI=1S/C19H21NO2S/c1-13-16-7-5-6-8-17(16)20-18(13)23(21,22)15-11-9-14(10-12-15)19(2,3)4/h5-12,20H,1-4H3. The quantitative estimate of drug-likeness (QED) is 0.747. The van der Waals surface area contributed by atoms with E-state index in [9.17, 15) is 8.42 Å². The summed E-state index contributed by atoms with van der Waals surface area (Å²) in [5.74, 6) is 0. The Hall–Kier alpha value is -2.07. The predicted molar refractivity (Wildman–Crippen MR) is 93.6 cm³/mol. The second kappa shape index (κ2) is 5.24. The molecule has 4 heteroatoms. The lowest BCUT2D eigenvalue weighted by Gasteiger charge is -2.19. The molecule has 1 N–H and O–H groups in total. The van der Waals surface area contributed by atoms with E-state index in [0.29, 0.717) is 4.90 Å². The number of rotatable bonds is 2. The lowest BCUT2D eigenvalue weighted by Crippen LogP contribution is -2.11. The van der Waals surface area contributed by atoms with Gasteiger partial charge in [-0.25, -0.2) is 8.42 Å². The molecule has 0 spiro atoms. The van der Waals surface area contributed by atoms with Crippen LogP contribution in [0.1, 0.15) is 31.9 Å². The molecule has 23 heavy (non-hydrogen) atoms. The fraction of sp³-hybridized carbons (Fsp3) is 0.263. The first-order valence-corrected chi connectivity index (χ1v) is 9.12. The Bertz CT molecular complexity index is 959. The summed E-state index contributed by atoms with van der Waals surface area (Å²) < 4.78 is 25.9. The molecule has 0 aliphatic carbocycles. The fourth-order valence-electron chi connectivity index (χ4n) is 2.78. The maximum Gasteiger partial charge on any atom is 0.222 e. The molecule has 0 saturated heterocycles. The van der Waals surface area contributed by atoms with Gasteiger partial charge in [0.1, 0.15) is 5.03 Å². The van der Waals surface area contributed by atoms with E-state index < -0.39 is 9.84 Å². The van der Waals surface area contributed by atoms with Gasteiger partial charge in [-0.15, -0.1) is 0 Å². The molecule has 0 bridgehead atoms. The van der Waals surface area contributed by atoms with Crippen molar-refractivity contribution in [3.05, 3.63) is 59.7 Å². The van der Waals surface area contributed by atoms with Gasteiger partial charge in [0.2, 0.25) is 9.84 Å². The van der Waals surface area contributed by atoms with Crippen LogP contribution in [0.3, 0.4) is 0 Å². The van der Waals surface area contributed by atoms with Crippen molar-refractivity contribution in [1.82, 2.24) is 4.98 Å². The number of sulfone groups is 1. The van der Waals surface area contributed by atoms with Gasteiger partial charge in [-0.2, -0.15) is 0 Å². The summed E-state index contributed by atoms with van der Waals surface area (Å²) in [4.78, 5) is 3.38.